The number of nitrogens with one attached hydrogen (secondary N) is 1. The third-order valence-electron chi connectivity index (χ3n) is 4.40. The van der Waals surface area contributed by atoms with E-state index in [9.17, 15) is 9.59 Å². The molecular weight excluding hydrogens is 328 g/mol. The molecule has 2 aromatic carbocycles. The van der Waals surface area contributed by atoms with Crippen molar-refractivity contribution >= 4 is 11.8 Å². The lowest BCUT2D eigenvalue weighted by Crippen LogP contribution is -2.47. The number of aryl methyl sites for hydroxylation is 1. The highest BCUT2D eigenvalue weighted by Gasteiger charge is 2.25. The number of hydrogen-bond donors (Lipinski definition) is 1. The molecule has 2 rings (SSSR count). The van der Waals surface area contributed by atoms with Gasteiger partial charge in [0.15, 0.2) is 0 Å². The summed E-state index contributed by atoms with van der Waals surface area (Å²) in [5, 5.41) is 2.62. The Morgan fingerprint density at radius 3 is 2.15 bits per heavy atom. The average Bonchev–Trinajstić information content (AvgIpc) is 2.66. The van der Waals surface area contributed by atoms with Crippen LogP contribution in [-0.4, -0.2) is 36.9 Å². The van der Waals surface area contributed by atoms with Gasteiger partial charge in [0.25, 0.3) is 0 Å². The van der Waals surface area contributed by atoms with Gasteiger partial charge in [0.05, 0.1) is 13.5 Å². The minimum absolute atomic E-state index is 0.0909. The van der Waals surface area contributed by atoms with Crippen molar-refractivity contribution in [3.05, 3.63) is 65.2 Å². The van der Waals surface area contributed by atoms with Gasteiger partial charge in [0, 0.05) is 13.6 Å². The molecule has 5 nitrogen and oxygen atoms in total. The van der Waals surface area contributed by atoms with Gasteiger partial charge in [0.1, 0.15) is 11.8 Å². The monoisotopic (exact) mass is 354 g/mol. The van der Waals surface area contributed by atoms with E-state index in [1.54, 1.807) is 26.0 Å². The van der Waals surface area contributed by atoms with Gasteiger partial charge < -0.3 is 15.0 Å². The molecule has 1 N–H and O–H groups in total. The molecule has 0 spiro atoms. The molecular formula is C21H26N2O3. The normalized spacial score (nSPS) is 11.5. The highest BCUT2D eigenvalue weighted by molar-refractivity contribution is 5.88. The van der Waals surface area contributed by atoms with E-state index in [0.29, 0.717) is 6.54 Å². The van der Waals surface area contributed by atoms with E-state index in [2.05, 4.69) is 5.32 Å². The number of hydrogen-bond acceptors (Lipinski definition) is 3. The fourth-order valence-corrected chi connectivity index (χ4v) is 2.70. The van der Waals surface area contributed by atoms with Gasteiger partial charge in [-0.2, -0.15) is 0 Å². The van der Waals surface area contributed by atoms with Crippen LogP contribution in [0.4, 0.5) is 0 Å². The molecule has 0 saturated heterocycles. The minimum Gasteiger partial charge on any atom is -0.497 e. The first-order valence-corrected chi connectivity index (χ1v) is 8.64. The zero-order valence-corrected chi connectivity index (χ0v) is 15.8. The van der Waals surface area contributed by atoms with E-state index in [1.807, 2.05) is 55.5 Å². The minimum atomic E-state index is -0.549. The zero-order valence-electron chi connectivity index (χ0n) is 15.8. The lowest BCUT2D eigenvalue weighted by molar-refractivity contribution is -0.139. The second-order valence-electron chi connectivity index (χ2n) is 6.32. The highest BCUT2D eigenvalue weighted by atomic mass is 16.5. The first kappa shape index (κ1) is 19.5. The maximum absolute atomic E-state index is 12.9. The van der Waals surface area contributed by atoms with Crippen molar-refractivity contribution in [3.63, 3.8) is 0 Å². The highest BCUT2D eigenvalue weighted by Crippen LogP contribution is 2.15. The number of carbonyl (C=O) groups excluding carboxylic acids is 2. The van der Waals surface area contributed by atoms with Crippen molar-refractivity contribution in [2.45, 2.75) is 32.9 Å². The molecule has 0 bridgehead atoms. The number of benzene rings is 2. The maximum Gasteiger partial charge on any atom is 0.242 e. The molecule has 0 aliphatic carbocycles. The molecule has 0 unspecified atom stereocenters. The Morgan fingerprint density at radius 2 is 1.62 bits per heavy atom. The second kappa shape index (κ2) is 9.04. The van der Waals surface area contributed by atoms with Crippen LogP contribution in [0.15, 0.2) is 48.5 Å². The molecule has 2 amide bonds. The van der Waals surface area contributed by atoms with E-state index in [-0.39, 0.29) is 18.2 Å². The lowest BCUT2D eigenvalue weighted by atomic mass is 10.1. The van der Waals surface area contributed by atoms with E-state index < -0.39 is 6.04 Å². The first-order chi connectivity index (χ1) is 12.4. The summed E-state index contributed by atoms with van der Waals surface area (Å²) in [5.74, 6) is 0.475. The van der Waals surface area contributed by atoms with E-state index in [4.69, 9.17) is 4.74 Å². The summed E-state index contributed by atoms with van der Waals surface area (Å²) < 4.78 is 5.15. The van der Waals surface area contributed by atoms with Crippen LogP contribution in [-0.2, 0) is 22.6 Å². The molecule has 1 atom stereocenters. The van der Waals surface area contributed by atoms with Gasteiger partial charge in [-0.3, -0.25) is 9.59 Å². The van der Waals surface area contributed by atoms with Crippen LogP contribution in [0.3, 0.4) is 0 Å². The number of likely N-dealkylation sites (N-methyl/N-ethyl adjacent to an activating group) is 1. The maximum atomic E-state index is 12.9. The lowest BCUT2D eigenvalue weighted by Gasteiger charge is -2.28. The van der Waals surface area contributed by atoms with Crippen LogP contribution in [0.1, 0.15) is 23.6 Å². The Kier molecular flexibility index (Phi) is 6.78. The van der Waals surface area contributed by atoms with E-state index >= 15 is 0 Å². The number of ether oxygens (including phenoxy) is 1. The van der Waals surface area contributed by atoms with Gasteiger partial charge in [0.2, 0.25) is 11.8 Å². The van der Waals surface area contributed by atoms with Gasteiger partial charge in [-0.05, 0) is 37.1 Å². The van der Waals surface area contributed by atoms with Gasteiger partial charge in [-0.1, -0.05) is 42.0 Å². The Hall–Kier alpha value is -2.82. The Balaban J connectivity index is 2.18. The van der Waals surface area contributed by atoms with Crippen molar-refractivity contribution in [3.8, 4) is 5.75 Å². The molecule has 0 heterocycles. The average molecular weight is 354 g/mol. The molecule has 0 saturated carbocycles. The predicted octanol–water partition coefficient (Wildman–Crippen LogP) is 2.71. The van der Waals surface area contributed by atoms with Gasteiger partial charge in [-0.25, -0.2) is 0 Å². The quantitative estimate of drug-likeness (QED) is 0.832. The largest absolute Gasteiger partial charge is 0.497 e. The molecule has 0 aliphatic heterocycles. The molecule has 2 aromatic rings. The smallest absolute Gasteiger partial charge is 0.242 e. The Bertz CT molecular complexity index is 739. The number of carbonyl (C=O) groups is 2. The Labute approximate surface area is 155 Å². The summed E-state index contributed by atoms with van der Waals surface area (Å²) in [7, 11) is 3.19. The number of methoxy groups -OCH3 is 1. The summed E-state index contributed by atoms with van der Waals surface area (Å²) in [5.41, 5.74) is 3.03. The number of rotatable bonds is 7. The predicted molar refractivity (Wildman–Crippen MR) is 102 cm³/mol. The Morgan fingerprint density at radius 1 is 1.04 bits per heavy atom. The van der Waals surface area contributed by atoms with Crippen molar-refractivity contribution in [1.82, 2.24) is 10.2 Å². The van der Waals surface area contributed by atoms with Crippen molar-refractivity contribution in [2.75, 3.05) is 14.2 Å². The zero-order chi connectivity index (χ0) is 19.1. The molecule has 26 heavy (non-hydrogen) atoms. The van der Waals surface area contributed by atoms with Crippen LogP contribution in [0.25, 0.3) is 0 Å². The third-order valence-corrected chi connectivity index (χ3v) is 4.40. The topological polar surface area (TPSA) is 58.6 Å². The van der Waals surface area contributed by atoms with Crippen molar-refractivity contribution in [2.24, 2.45) is 0 Å². The summed E-state index contributed by atoms with van der Waals surface area (Å²) >= 11 is 0. The SMILES string of the molecule is CNC(=O)[C@H](C)N(Cc1ccc(C)cc1)C(=O)Cc1ccc(OC)cc1. The fraction of sp³-hybridized carbons (Fsp3) is 0.333. The third kappa shape index (κ3) is 5.09. The molecule has 0 aliphatic rings. The van der Waals surface area contributed by atoms with Gasteiger partial charge >= 0.3 is 0 Å². The standard InChI is InChI=1S/C21H26N2O3/c1-15-5-7-18(8-6-15)14-23(16(2)21(25)22-3)20(24)13-17-9-11-19(26-4)12-10-17/h5-12,16H,13-14H2,1-4H3,(H,22,25)/t16-/m0/s1. The van der Waals surface area contributed by atoms with Gasteiger partial charge in [-0.15, -0.1) is 0 Å². The molecule has 0 radical (unpaired) electrons. The summed E-state index contributed by atoms with van der Waals surface area (Å²) in [6, 6.07) is 14.8. The van der Waals surface area contributed by atoms with Crippen molar-refractivity contribution < 1.29 is 14.3 Å². The molecule has 138 valence electrons. The molecule has 5 heteroatoms. The molecule has 0 aromatic heterocycles. The summed E-state index contributed by atoms with van der Waals surface area (Å²) in [6.07, 6.45) is 0.233. The first-order valence-electron chi connectivity index (χ1n) is 8.64. The summed E-state index contributed by atoms with van der Waals surface area (Å²) in [6.45, 7) is 4.16. The van der Waals surface area contributed by atoms with E-state index in [0.717, 1.165) is 22.4 Å². The summed E-state index contributed by atoms with van der Waals surface area (Å²) in [4.78, 5) is 26.7. The molecule has 0 fully saturated rings. The fourth-order valence-electron chi connectivity index (χ4n) is 2.70. The van der Waals surface area contributed by atoms with Crippen molar-refractivity contribution in [1.29, 1.82) is 0 Å². The van der Waals surface area contributed by atoms with Crippen LogP contribution in [0, 0.1) is 6.92 Å². The van der Waals surface area contributed by atoms with Crippen LogP contribution in [0.5, 0.6) is 5.75 Å². The number of amides is 2. The second-order valence-corrected chi connectivity index (χ2v) is 6.32. The number of nitrogens with zero attached hydrogens (tertiary/aromatic N) is 1. The van der Waals surface area contributed by atoms with E-state index in [1.165, 1.54) is 0 Å². The van der Waals surface area contributed by atoms with Crippen LogP contribution in [0.2, 0.25) is 0 Å². The van der Waals surface area contributed by atoms with Crippen LogP contribution < -0.4 is 10.1 Å². The van der Waals surface area contributed by atoms with Crippen LogP contribution >= 0.6 is 0 Å².